The van der Waals surface area contributed by atoms with Crippen LogP contribution in [0, 0.1) is 12.8 Å². The van der Waals surface area contributed by atoms with E-state index in [1.807, 2.05) is 19.1 Å². The Hall–Kier alpha value is -1.85. The van der Waals surface area contributed by atoms with E-state index in [4.69, 9.17) is 16.3 Å². The van der Waals surface area contributed by atoms with Crippen molar-refractivity contribution in [3.8, 4) is 0 Å². The number of rotatable bonds is 3. The van der Waals surface area contributed by atoms with E-state index < -0.39 is 0 Å². The highest BCUT2D eigenvalue weighted by Crippen LogP contribution is 2.39. The van der Waals surface area contributed by atoms with E-state index in [2.05, 4.69) is 11.9 Å². The molecule has 2 aliphatic heterocycles. The zero-order valence-electron chi connectivity index (χ0n) is 14.4. The van der Waals surface area contributed by atoms with Gasteiger partial charge in [0.25, 0.3) is 0 Å². The highest BCUT2D eigenvalue weighted by Gasteiger charge is 2.45. The van der Waals surface area contributed by atoms with Crippen LogP contribution in [0.2, 0.25) is 5.02 Å². The molecular formula is C19H23ClN2O3. The van der Waals surface area contributed by atoms with Crippen molar-refractivity contribution in [3.05, 3.63) is 41.4 Å². The Kier molecular flexibility index (Phi) is 5.16. The standard InChI is InChI=1S/C19H23ClN2O3/c1-3-17(23)22-8-6-19(7-9-22)11-14(12-25-19)18(24)21-16-5-4-15(20)10-13(16)2/h3-5,10,14H,1,6-9,11-12H2,2H3,(H,21,24). The minimum atomic E-state index is -0.283. The molecule has 1 unspecified atom stereocenters. The van der Waals surface area contributed by atoms with Gasteiger partial charge in [0.2, 0.25) is 11.8 Å². The number of carbonyl (C=O) groups excluding carboxylic acids is 2. The lowest BCUT2D eigenvalue weighted by Crippen LogP contribution is -2.46. The number of ether oxygens (including phenoxy) is 1. The number of hydrogen-bond donors (Lipinski definition) is 1. The zero-order chi connectivity index (χ0) is 18.0. The predicted molar refractivity (Wildman–Crippen MR) is 97.6 cm³/mol. The lowest BCUT2D eigenvalue weighted by atomic mass is 9.85. The summed E-state index contributed by atoms with van der Waals surface area (Å²) >= 11 is 5.96. The fraction of sp³-hybridized carbons (Fsp3) is 0.474. The molecule has 2 saturated heterocycles. The van der Waals surface area contributed by atoms with Crippen LogP contribution in [0.4, 0.5) is 5.69 Å². The fourth-order valence-corrected chi connectivity index (χ4v) is 3.85. The first-order valence-electron chi connectivity index (χ1n) is 8.55. The van der Waals surface area contributed by atoms with Gasteiger partial charge >= 0.3 is 0 Å². The Balaban J connectivity index is 1.58. The average molecular weight is 363 g/mol. The molecule has 1 N–H and O–H groups in total. The SMILES string of the molecule is C=CC(=O)N1CCC2(CC1)CC(C(=O)Nc1ccc(Cl)cc1C)CO2. The average Bonchev–Trinajstić information content (AvgIpc) is 3.01. The normalized spacial score (nSPS) is 22.0. The van der Waals surface area contributed by atoms with Crippen LogP contribution in [0.25, 0.3) is 0 Å². The number of amides is 2. The molecule has 3 rings (SSSR count). The van der Waals surface area contributed by atoms with Gasteiger partial charge in [-0.15, -0.1) is 0 Å². The van der Waals surface area contributed by atoms with E-state index in [9.17, 15) is 9.59 Å². The van der Waals surface area contributed by atoms with Crippen molar-refractivity contribution in [1.82, 2.24) is 4.90 Å². The number of anilines is 1. The third kappa shape index (κ3) is 3.88. The molecule has 25 heavy (non-hydrogen) atoms. The summed E-state index contributed by atoms with van der Waals surface area (Å²) in [5.41, 5.74) is 1.43. The summed E-state index contributed by atoms with van der Waals surface area (Å²) in [5, 5.41) is 3.63. The Morgan fingerprint density at radius 2 is 2.12 bits per heavy atom. The zero-order valence-corrected chi connectivity index (χ0v) is 15.1. The largest absolute Gasteiger partial charge is 0.374 e. The Labute approximate surface area is 153 Å². The number of nitrogens with zero attached hydrogens (tertiary/aromatic N) is 1. The van der Waals surface area contributed by atoms with Crippen LogP contribution in [0.3, 0.4) is 0 Å². The molecule has 0 aliphatic carbocycles. The number of hydrogen-bond acceptors (Lipinski definition) is 3. The maximum absolute atomic E-state index is 12.6. The third-order valence-electron chi connectivity index (χ3n) is 5.19. The van der Waals surface area contributed by atoms with Crippen molar-refractivity contribution in [1.29, 1.82) is 0 Å². The topological polar surface area (TPSA) is 58.6 Å². The first kappa shape index (κ1) is 18.0. The molecule has 1 spiro atoms. The summed E-state index contributed by atoms with van der Waals surface area (Å²) in [6.07, 6.45) is 3.56. The van der Waals surface area contributed by atoms with Crippen LogP contribution in [0.1, 0.15) is 24.8 Å². The van der Waals surface area contributed by atoms with Crippen LogP contribution >= 0.6 is 11.6 Å². The van der Waals surface area contributed by atoms with Crippen molar-refractivity contribution in [3.63, 3.8) is 0 Å². The summed E-state index contributed by atoms with van der Waals surface area (Å²) in [7, 11) is 0. The van der Waals surface area contributed by atoms with Crippen LogP contribution in [0.15, 0.2) is 30.9 Å². The first-order valence-corrected chi connectivity index (χ1v) is 8.92. The van der Waals surface area contributed by atoms with E-state index in [1.54, 1.807) is 11.0 Å². The lowest BCUT2D eigenvalue weighted by Gasteiger charge is -2.38. The molecular weight excluding hydrogens is 340 g/mol. The smallest absolute Gasteiger partial charge is 0.245 e. The van der Waals surface area contributed by atoms with Crippen molar-refractivity contribution in [2.45, 2.75) is 31.8 Å². The molecule has 0 saturated carbocycles. The van der Waals surface area contributed by atoms with E-state index in [1.165, 1.54) is 6.08 Å². The Morgan fingerprint density at radius 1 is 1.40 bits per heavy atom. The summed E-state index contributed by atoms with van der Waals surface area (Å²) in [4.78, 5) is 26.1. The van der Waals surface area contributed by atoms with Crippen molar-refractivity contribution >= 4 is 29.1 Å². The highest BCUT2D eigenvalue weighted by molar-refractivity contribution is 6.30. The quantitative estimate of drug-likeness (QED) is 0.840. The molecule has 0 bridgehead atoms. The molecule has 1 atom stereocenters. The van der Waals surface area contributed by atoms with E-state index in [0.29, 0.717) is 31.1 Å². The van der Waals surface area contributed by atoms with Crippen molar-refractivity contribution in [2.24, 2.45) is 5.92 Å². The van der Waals surface area contributed by atoms with Gasteiger partial charge in [0.15, 0.2) is 0 Å². The molecule has 1 aromatic rings. The fourth-order valence-electron chi connectivity index (χ4n) is 3.63. The van der Waals surface area contributed by atoms with Gasteiger partial charge in [0, 0.05) is 23.8 Å². The van der Waals surface area contributed by atoms with Gasteiger partial charge < -0.3 is 15.0 Å². The van der Waals surface area contributed by atoms with Gasteiger partial charge in [-0.2, -0.15) is 0 Å². The second-order valence-corrected chi connectivity index (χ2v) is 7.31. The van der Waals surface area contributed by atoms with E-state index >= 15 is 0 Å². The summed E-state index contributed by atoms with van der Waals surface area (Å²) in [6, 6.07) is 5.42. The van der Waals surface area contributed by atoms with Crippen LogP contribution in [-0.2, 0) is 14.3 Å². The molecule has 6 heteroatoms. The number of aryl methyl sites for hydroxylation is 1. The van der Waals surface area contributed by atoms with E-state index in [-0.39, 0.29) is 23.3 Å². The number of carbonyl (C=O) groups is 2. The monoisotopic (exact) mass is 362 g/mol. The number of piperidine rings is 1. The van der Waals surface area contributed by atoms with Gasteiger partial charge in [-0.25, -0.2) is 0 Å². The summed E-state index contributed by atoms with van der Waals surface area (Å²) in [5.74, 6) is -0.232. The minimum Gasteiger partial charge on any atom is -0.374 e. The number of nitrogens with one attached hydrogen (secondary N) is 1. The van der Waals surface area contributed by atoms with Gasteiger partial charge in [-0.05, 0) is 56.0 Å². The van der Waals surface area contributed by atoms with Crippen LogP contribution in [-0.4, -0.2) is 42.0 Å². The van der Waals surface area contributed by atoms with Crippen molar-refractivity contribution in [2.75, 3.05) is 25.0 Å². The molecule has 0 radical (unpaired) electrons. The van der Waals surface area contributed by atoms with E-state index in [0.717, 1.165) is 24.1 Å². The van der Waals surface area contributed by atoms with Crippen molar-refractivity contribution < 1.29 is 14.3 Å². The summed E-state index contributed by atoms with van der Waals surface area (Å²) in [6.45, 7) is 7.17. The minimum absolute atomic E-state index is 0.0214. The molecule has 0 aromatic heterocycles. The highest BCUT2D eigenvalue weighted by atomic mass is 35.5. The molecule has 5 nitrogen and oxygen atoms in total. The number of halogens is 1. The maximum atomic E-state index is 12.6. The maximum Gasteiger partial charge on any atom is 0.245 e. The molecule has 134 valence electrons. The van der Waals surface area contributed by atoms with Crippen LogP contribution in [0.5, 0.6) is 0 Å². The third-order valence-corrected chi connectivity index (χ3v) is 5.42. The van der Waals surface area contributed by atoms with Gasteiger partial charge in [-0.3, -0.25) is 9.59 Å². The molecule has 2 fully saturated rings. The van der Waals surface area contributed by atoms with Gasteiger partial charge in [0.05, 0.1) is 18.1 Å². The van der Waals surface area contributed by atoms with Crippen LogP contribution < -0.4 is 5.32 Å². The summed E-state index contributed by atoms with van der Waals surface area (Å²) < 4.78 is 6.02. The predicted octanol–water partition coefficient (Wildman–Crippen LogP) is 3.17. The number of likely N-dealkylation sites (tertiary alicyclic amines) is 1. The Morgan fingerprint density at radius 3 is 2.76 bits per heavy atom. The second-order valence-electron chi connectivity index (χ2n) is 6.87. The Bertz CT molecular complexity index is 696. The molecule has 1 aromatic carbocycles. The van der Waals surface area contributed by atoms with Gasteiger partial charge in [0.1, 0.15) is 0 Å². The molecule has 2 aliphatic rings. The van der Waals surface area contributed by atoms with Gasteiger partial charge in [-0.1, -0.05) is 18.2 Å². The second kappa shape index (κ2) is 7.18. The first-order chi connectivity index (χ1) is 11.9. The lowest BCUT2D eigenvalue weighted by molar-refractivity contribution is -0.130. The number of benzene rings is 1. The molecule has 2 heterocycles. The molecule has 2 amide bonds.